The highest BCUT2D eigenvalue weighted by Gasteiger charge is 2.15. The molecule has 0 saturated heterocycles. The third kappa shape index (κ3) is 9.05. The number of nitrogens with one attached hydrogen (secondary N) is 1. The van der Waals surface area contributed by atoms with Crippen molar-refractivity contribution in [3.63, 3.8) is 0 Å². The van der Waals surface area contributed by atoms with Crippen LogP contribution in [-0.4, -0.2) is 23.5 Å². The lowest BCUT2D eigenvalue weighted by Gasteiger charge is -2.17. The zero-order chi connectivity index (χ0) is 11.9. The lowest BCUT2D eigenvalue weighted by atomic mass is 9.92. The van der Waals surface area contributed by atoms with E-state index < -0.39 is 0 Å². The molecule has 0 bridgehead atoms. The number of nitrogens with two attached hydrogens (primary N) is 1. The highest BCUT2D eigenvalue weighted by atomic mass is 16.4. The van der Waals surface area contributed by atoms with Gasteiger partial charge in [-0.1, -0.05) is 25.9 Å². The molecular formula is C10H21N3O2. The van der Waals surface area contributed by atoms with Crippen LogP contribution in [-0.2, 0) is 4.79 Å². The van der Waals surface area contributed by atoms with Gasteiger partial charge in [0.1, 0.15) is 5.84 Å². The first-order valence-corrected chi connectivity index (χ1v) is 5.08. The summed E-state index contributed by atoms with van der Waals surface area (Å²) in [5.41, 5.74) is 5.29. The normalized spacial score (nSPS) is 12.6. The van der Waals surface area contributed by atoms with E-state index in [2.05, 4.69) is 10.5 Å². The van der Waals surface area contributed by atoms with Gasteiger partial charge >= 0.3 is 0 Å². The summed E-state index contributed by atoms with van der Waals surface area (Å²) in [6.45, 7) is 6.61. The van der Waals surface area contributed by atoms with Crippen molar-refractivity contribution < 1.29 is 10.0 Å². The topological polar surface area (TPSA) is 87.7 Å². The largest absolute Gasteiger partial charge is 0.409 e. The molecule has 0 fully saturated rings. The van der Waals surface area contributed by atoms with Crippen LogP contribution in [0.3, 0.4) is 0 Å². The fraction of sp³-hybridized carbons (Fsp3) is 0.800. The van der Waals surface area contributed by atoms with Crippen molar-refractivity contribution in [1.29, 1.82) is 0 Å². The number of carbonyl (C=O) groups excluding carboxylic acids is 1. The number of hydrogen-bond donors (Lipinski definition) is 3. The highest BCUT2D eigenvalue weighted by Crippen LogP contribution is 2.17. The first-order valence-electron chi connectivity index (χ1n) is 5.08. The molecule has 0 aliphatic rings. The van der Waals surface area contributed by atoms with Crippen molar-refractivity contribution in [3.05, 3.63) is 0 Å². The Bertz CT molecular complexity index is 231. The van der Waals surface area contributed by atoms with E-state index in [1.54, 1.807) is 0 Å². The van der Waals surface area contributed by atoms with Crippen LogP contribution in [0.2, 0.25) is 0 Å². The first kappa shape index (κ1) is 13.7. The Hall–Kier alpha value is -1.26. The van der Waals surface area contributed by atoms with Gasteiger partial charge in [0, 0.05) is 19.4 Å². The van der Waals surface area contributed by atoms with Gasteiger partial charge in [-0.25, -0.2) is 0 Å². The monoisotopic (exact) mass is 215 g/mol. The average molecular weight is 215 g/mol. The molecule has 5 nitrogen and oxygen atoms in total. The zero-order valence-electron chi connectivity index (χ0n) is 9.71. The molecule has 0 heterocycles. The molecule has 0 saturated carbocycles. The Morgan fingerprint density at radius 2 is 2.07 bits per heavy atom. The lowest BCUT2D eigenvalue weighted by Crippen LogP contribution is -2.29. The predicted molar refractivity (Wildman–Crippen MR) is 59.7 cm³/mol. The van der Waals surface area contributed by atoms with Gasteiger partial charge in [0.25, 0.3) is 0 Å². The molecule has 1 amide bonds. The first-order chi connectivity index (χ1) is 6.85. The van der Waals surface area contributed by atoms with Crippen LogP contribution in [0.1, 0.15) is 40.0 Å². The van der Waals surface area contributed by atoms with Crippen LogP contribution in [0, 0.1) is 5.41 Å². The van der Waals surface area contributed by atoms with Crippen molar-refractivity contribution in [2.75, 3.05) is 6.54 Å². The molecule has 0 aromatic heterocycles. The molecule has 0 aliphatic carbocycles. The number of nitrogens with zero attached hydrogens (tertiary/aromatic N) is 1. The van der Waals surface area contributed by atoms with E-state index in [9.17, 15) is 4.79 Å². The summed E-state index contributed by atoms with van der Waals surface area (Å²) in [6.07, 6.45) is 1.69. The standard InChI is InChI=1S/C10H21N3O2/c1-10(2,3)7-9(14)12-6-4-5-8(11)13-15/h15H,4-7H2,1-3H3,(H2,11,13)(H,12,14). The smallest absolute Gasteiger partial charge is 0.220 e. The summed E-state index contributed by atoms with van der Waals surface area (Å²) in [4.78, 5) is 11.4. The third-order valence-electron chi connectivity index (χ3n) is 1.75. The van der Waals surface area contributed by atoms with E-state index in [0.29, 0.717) is 25.8 Å². The Labute approximate surface area is 90.7 Å². The minimum absolute atomic E-state index is 0.00959. The van der Waals surface area contributed by atoms with Crippen molar-refractivity contribution >= 4 is 11.7 Å². The van der Waals surface area contributed by atoms with Crippen LogP contribution < -0.4 is 11.1 Å². The van der Waals surface area contributed by atoms with Crippen LogP contribution in [0.4, 0.5) is 0 Å². The van der Waals surface area contributed by atoms with Gasteiger partial charge in [0.2, 0.25) is 5.91 Å². The molecular weight excluding hydrogens is 194 g/mol. The SMILES string of the molecule is CC(C)(C)CC(=O)NCCCC(N)=NO. The molecule has 0 unspecified atom stereocenters. The summed E-state index contributed by atoms with van der Waals surface area (Å²) in [6, 6.07) is 0. The van der Waals surface area contributed by atoms with Crippen LogP contribution in [0.25, 0.3) is 0 Å². The summed E-state index contributed by atoms with van der Waals surface area (Å²) in [7, 11) is 0. The molecule has 4 N–H and O–H groups in total. The number of amides is 1. The molecule has 0 atom stereocenters. The van der Waals surface area contributed by atoms with Crippen LogP contribution in [0.15, 0.2) is 5.16 Å². The van der Waals surface area contributed by atoms with Crippen molar-refractivity contribution in [2.45, 2.75) is 40.0 Å². The molecule has 0 rings (SSSR count). The van der Waals surface area contributed by atoms with E-state index >= 15 is 0 Å². The maximum Gasteiger partial charge on any atom is 0.220 e. The summed E-state index contributed by atoms with van der Waals surface area (Å²) in [5.74, 6) is 0.238. The number of rotatable bonds is 5. The molecule has 0 aromatic carbocycles. The lowest BCUT2D eigenvalue weighted by molar-refractivity contribution is -0.122. The van der Waals surface area contributed by atoms with E-state index in [-0.39, 0.29) is 17.2 Å². The van der Waals surface area contributed by atoms with Gasteiger partial charge in [-0.2, -0.15) is 0 Å². The maximum absolute atomic E-state index is 11.4. The second-order valence-corrected chi connectivity index (χ2v) is 4.78. The Morgan fingerprint density at radius 3 is 2.53 bits per heavy atom. The zero-order valence-corrected chi connectivity index (χ0v) is 9.71. The van der Waals surface area contributed by atoms with E-state index in [4.69, 9.17) is 10.9 Å². The van der Waals surface area contributed by atoms with Gasteiger partial charge in [-0.3, -0.25) is 4.79 Å². The van der Waals surface area contributed by atoms with Gasteiger partial charge in [-0.05, 0) is 11.8 Å². The Balaban J connectivity index is 3.57. The van der Waals surface area contributed by atoms with Gasteiger partial charge in [-0.15, -0.1) is 0 Å². The quantitative estimate of drug-likeness (QED) is 0.211. The summed E-state index contributed by atoms with van der Waals surface area (Å²) in [5, 5.41) is 13.9. The Morgan fingerprint density at radius 1 is 1.47 bits per heavy atom. The summed E-state index contributed by atoms with van der Waals surface area (Å²) >= 11 is 0. The van der Waals surface area contributed by atoms with E-state index in [1.165, 1.54) is 0 Å². The number of amidine groups is 1. The van der Waals surface area contributed by atoms with Crippen molar-refractivity contribution in [1.82, 2.24) is 5.32 Å². The predicted octanol–water partition coefficient (Wildman–Crippen LogP) is 1.07. The fourth-order valence-electron chi connectivity index (χ4n) is 1.09. The summed E-state index contributed by atoms with van der Waals surface area (Å²) < 4.78 is 0. The minimum atomic E-state index is 0.00959. The average Bonchev–Trinajstić information content (AvgIpc) is 2.09. The second-order valence-electron chi connectivity index (χ2n) is 4.78. The highest BCUT2D eigenvalue weighted by molar-refractivity contribution is 5.79. The van der Waals surface area contributed by atoms with Crippen LogP contribution in [0.5, 0.6) is 0 Å². The molecule has 0 spiro atoms. The maximum atomic E-state index is 11.4. The van der Waals surface area contributed by atoms with E-state index in [0.717, 1.165) is 0 Å². The fourth-order valence-corrected chi connectivity index (χ4v) is 1.09. The molecule has 0 radical (unpaired) electrons. The van der Waals surface area contributed by atoms with E-state index in [1.807, 2.05) is 20.8 Å². The molecule has 15 heavy (non-hydrogen) atoms. The van der Waals surface area contributed by atoms with Crippen molar-refractivity contribution in [3.8, 4) is 0 Å². The number of oxime groups is 1. The van der Waals surface area contributed by atoms with Gasteiger partial charge in [0.05, 0.1) is 0 Å². The third-order valence-corrected chi connectivity index (χ3v) is 1.75. The van der Waals surface area contributed by atoms with Gasteiger partial charge < -0.3 is 16.3 Å². The molecule has 5 heteroatoms. The number of carbonyl (C=O) groups is 1. The minimum Gasteiger partial charge on any atom is -0.409 e. The van der Waals surface area contributed by atoms with Crippen LogP contribution >= 0.6 is 0 Å². The van der Waals surface area contributed by atoms with Crippen molar-refractivity contribution in [2.24, 2.45) is 16.3 Å². The van der Waals surface area contributed by atoms with Gasteiger partial charge in [0.15, 0.2) is 0 Å². The molecule has 88 valence electrons. The number of hydrogen-bond acceptors (Lipinski definition) is 3. The second kappa shape index (κ2) is 6.27. The molecule has 0 aromatic rings. The molecule has 0 aliphatic heterocycles. The Kier molecular flexibility index (Phi) is 5.74.